The van der Waals surface area contributed by atoms with Crippen LogP contribution < -0.4 is 9.64 Å². The molecule has 1 aromatic heterocycles. The van der Waals surface area contributed by atoms with Gasteiger partial charge in [-0.1, -0.05) is 5.16 Å². The lowest BCUT2D eigenvalue weighted by Gasteiger charge is -2.24. The van der Waals surface area contributed by atoms with Crippen molar-refractivity contribution in [2.24, 2.45) is 5.41 Å². The van der Waals surface area contributed by atoms with E-state index in [2.05, 4.69) is 10.1 Å². The highest BCUT2D eigenvalue weighted by Gasteiger charge is 2.47. The Morgan fingerprint density at radius 3 is 2.65 bits per heavy atom. The van der Waals surface area contributed by atoms with Gasteiger partial charge in [0.1, 0.15) is 11.5 Å². The van der Waals surface area contributed by atoms with E-state index >= 15 is 0 Å². The topological polar surface area (TPSA) is 58.8 Å². The molecule has 1 amide bonds. The third-order valence-corrected chi connectivity index (χ3v) is 5.79. The fourth-order valence-corrected chi connectivity index (χ4v) is 4.28. The van der Waals surface area contributed by atoms with E-state index in [1.165, 1.54) is 5.56 Å². The lowest BCUT2D eigenvalue weighted by molar-refractivity contribution is -0.117. The molecule has 0 saturated carbocycles. The van der Waals surface area contributed by atoms with Crippen LogP contribution in [0.2, 0.25) is 0 Å². The number of amides is 1. The van der Waals surface area contributed by atoms with E-state index in [-0.39, 0.29) is 11.3 Å². The quantitative estimate of drug-likeness (QED) is 0.844. The molecule has 1 spiro atoms. The lowest BCUT2D eigenvalue weighted by atomic mass is 9.86. The van der Waals surface area contributed by atoms with Gasteiger partial charge < -0.3 is 14.2 Å². The molecule has 3 heterocycles. The molecule has 1 unspecified atom stereocenters. The van der Waals surface area contributed by atoms with Gasteiger partial charge in [0.05, 0.1) is 12.8 Å². The van der Waals surface area contributed by atoms with E-state index in [9.17, 15) is 4.79 Å². The van der Waals surface area contributed by atoms with Crippen LogP contribution in [0, 0.1) is 19.3 Å². The number of likely N-dealkylation sites (tertiary alicyclic amines) is 1. The summed E-state index contributed by atoms with van der Waals surface area (Å²) in [4.78, 5) is 17.0. The molecule has 2 fully saturated rings. The van der Waals surface area contributed by atoms with Crippen molar-refractivity contribution in [3.8, 4) is 5.75 Å². The molecule has 0 radical (unpaired) electrons. The van der Waals surface area contributed by atoms with Gasteiger partial charge in [0.2, 0.25) is 5.91 Å². The van der Waals surface area contributed by atoms with E-state index in [4.69, 9.17) is 9.26 Å². The Balaban J connectivity index is 1.46. The molecule has 1 aromatic carbocycles. The molecular weight excluding hydrogens is 330 g/mol. The second-order valence-corrected chi connectivity index (χ2v) is 7.62. The van der Waals surface area contributed by atoms with Crippen LogP contribution in [-0.2, 0) is 11.3 Å². The largest absolute Gasteiger partial charge is 0.497 e. The van der Waals surface area contributed by atoms with Gasteiger partial charge in [-0.15, -0.1) is 0 Å². The zero-order valence-corrected chi connectivity index (χ0v) is 15.6. The first kappa shape index (κ1) is 17.1. The minimum Gasteiger partial charge on any atom is -0.497 e. The molecule has 2 aliphatic rings. The summed E-state index contributed by atoms with van der Waals surface area (Å²) >= 11 is 0. The molecule has 4 rings (SSSR count). The van der Waals surface area contributed by atoms with Crippen molar-refractivity contribution in [1.82, 2.24) is 10.1 Å². The molecule has 26 heavy (non-hydrogen) atoms. The van der Waals surface area contributed by atoms with Crippen molar-refractivity contribution in [3.05, 3.63) is 41.3 Å². The predicted octanol–water partition coefficient (Wildman–Crippen LogP) is 2.93. The minimum absolute atomic E-state index is 0.0516. The van der Waals surface area contributed by atoms with Crippen molar-refractivity contribution in [3.63, 3.8) is 0 Å². The maximum Gasteiger partial charge on any atom is 0.227 e. The third kappa shape index (κ3) is 2.98. The number of rotatable bonds is 4. The van der Waals surface area contributed by atoms with E-state index in [1.807, 2.05) is 43.0 Å². The number of aromatic nitrogens is 1. The number of ether oxygens (including phenoxy) is 1. The monoisotopic (exact) mass is 355 g/mol. The summed E-state index contributed by atoms with van der Waals surface area (Å²) in [7, 11) is 1.65. The van der Waals surface area contributed by atoms with Crippen LogP contribution in [0.25, 0.3) is 0 Å². The third-order valence-electron chi connectivity index (χ3n) is 5.79. The first-order valence-electron chi connectivity index (χ1n) is 9.08. The number of hydrogen-bond acceptors (Lipinski definition) is 5. The number of methoxy groups -OCH3 is 1. The first-order chi connectivity index (χ1) is 12.5. The Hall–Kier alpha value is -2.34. The van der Waals surface area contributed by atoms with E-state index in [0.29, 0.717) is 6.42 Å². The SMILES string of the molecule is COc1ccc(N2CC3(CCN(Cc4c(C)noc4C)C3)CC2=O)cc1. The fraction of sp³-hybridized carbons (Fsp3) is 0.500. The van der Waals surface area contributed by atoms with Crippen molar-refractivity contribution in [2.75, 3.05) is 31.6 Å². The van der Waals surface area contributed by atoms with Gasteiger partial charge >= 0.3 is 0 Å². The van der Waals surface area contributed by atoms with Crippen LogP contribution in [-0.4, -0.2) is 42.7 Å². The van der Waals surface area contributed by atoms with Crippen LogP contribution in [0.3, 0.4) is 0 Å². The summed E-state index contributed by atoms with van der Waals surface area (Å²) in [6, 6.07) is 7.75. The molecule has 1 atom stereocenters. The van der Waals surface area contributed by atoms with Gasteiger partial charge in [-0.25, -0.2) is 0 Å². The van der Waals surface area contributed by atoms with E-state index in [0.717, 1.165) is 55.5 Å². The highest BCUT2D eigenvalue weighted by atomic mass is 16.5. The Labute approximate surface area is 153 Å². The number of carbonyl (C=O) groups excluding carboxylic acids is 1. The Morgan fingerprint density at radius 1 is 1.23 bits per heavy atom. The normalized spacial score (nSPS) is 23.3. The van der Waals surface area contributed by atoms with Crippen LogP contribution >= 0.6 is 0 Å². The second-order valence-electron chi connectivity index (χ2n) is 7.62. The average molecular weight is 355 g/mol. The van der Waals surface area contributed by atoms with Crippen LogP contribution in [0.5, 0.6) is 5.75 Å². The van der Waals surface area contributed by atoms with E-state index < -0.39 is 0 Å². The molecule has 2 aromatic rings. The van der Waals surface area contributed by atoms with Gasteiger partial charge in [0.15, 0.2) is 0 Å². The summed E-state index contributed by atoms with van der Waals surface area (Å²) in [5.41, 5.74) is 3.15. The molecule has 6 heteroatoms. The maximum absolute atomic E-state index is 12.7. The number of anilines is 1. The minimum atomic E-state index is 0.0516. The van der Waals surface area contributed by atoms with Crippen LogP contribution in [0.15, 0.2) is 28.8 Å². The van der Waals surface area contributed by atoms with Gasteiger partial charge in [0.25, 0.3) is 0 Å². The zero-order valence-electron chi connectivity index (χ0n) is 15.6. The van der Waals surface area contributed by atoms with Crippen molar-refractivity contribution in [2.45, 2.75) is 33.2 Å². The van der Waals surface area contributed by atoms with Crippen molar-refractivity contribution < 1.29 is 14.1 Å². The summed E-state index contributed by atoms with van der Waals surface area (Å²) < 4.78 is 10.5. The van der Waals surface area contributed by atoms with Crippen molar-refractivity contribution >= 4 is 11.6 Å². The summed E-state index contributed by atoms with van der Waals surface area (Å²) in [6.45, 7) is 7.53. The highest BCUT2D eigenvalue weighted by Crippen LogP contribution is 2.42. The Kier molecular flexibility index (Phi) is 4.23. The number of benzene rings is 1. The number of carbonyl (C=O) groups is 1. The molecular formula is C20H25N3O3. The van der Waals surface area contributed by atoms with Gasteiger partial charge in [-0.3, -0.25) is 9.69 Å². The average Bonchev–Trinajstić information content (AvgIpc) is 3.29. The molecule has 138 valence electrons. The van der Waals surface area contributed by atoms with Crippen LogP contribution in [0.1, 0.15) is 29.9 Å². The van der Waals surface area contributed by atoms with Gasteiger partial charge in [-0.05, 0) is 51.1 Å². The van der Waals surface area contributed by atoms with Crippen molar-refractivity contribution in [1.29, 1.82) is 0 Å². The number of nitrogens with zero attached hydrogens (tertiary/aromatic N) is 3. The molecule has 0 N–H and O–H groups in total. The predicted molar refractivity (Wildman–Crippen MR) is 98.3 cm³/mol. The summed E-state index contributed by atoms with van der Waals surface area (Å²) in [5.74, 6) is 1.92. The second kappa shape index (κ2) is 6.43. The van der Waals surface area contributed by atoms with E-state index in [1.54, 1.807) is 7.11 Å². The number of hydrogen-bond donors (Lipinski definition) is 0. The Bertz CT molecular complexity index is 795. The zero-order chi connectivity index (χ0) is 18.3. The molecule has 2 aliphatic heterocycles. The summed E-state index contributed by atoms with van der Waals surface area (Å²) in [5, 5.41) is 4.05. The van der Waals surface area contributed by atoms with Crippen LogP contribution in [0.4, 0.5) is 5.69 Å². The fourth-order valence-electron chi connectivity index (χ4n) is 4.28. The molecule has 0 aliphatic carbocycles. The van der Waals surface area contributed by atoms with Gasteiger partial charge in [0, 0.05) is 42.7 Å². The lowest BCUT2D eigenvalue weighted by Crippen LogP contribution is -2.31. The van der Waals surface area contributed by atoms with Gasteiger partial charge in [-0.2, -0.15) is 0 Å². The number of aryl methyl sites for hydroxylation is 2. The molecule has 2 saturated heterocycles. The standard InChI is InChI=1S/C20H25N3O3/c1-14-18(15(2)26-21-14)11-22-9-8-20(12-22)10-19(24)23(13-20)16-4-6-17(25-3)7-5-16/h4-7H,8-13H2,1-3H3. The summed E-state index contributed by atoms with van der Waals surface area (Å²) in [6.07, 6.45) is 1.67. The Morgan fingerprint density at radius 2 is 2.00 bits per heavy atom. The molecule has 0 bridgehead atoms. The smallest absolute Gasteiger partial charge is 0.227 e. The highest BCUT2D eigenvalue weighted by molar-refractivity contribution is 5.96. The maximum atomic E-state index is 12.7. The first-order valence-corrected chi connectivity index (χ1v) is 9.08. The molecule has 6 nitrogen and oxygen atoms in total.